The van der Waals surface area contributed by atoms with Crippen LogP contribution in [0.1, 0.15) is 74.9 Å². The predicted molar refractivity (Wildman–Crippen MR) is 131 cm³/mol. The third-order valence-electron chi connectivity index (χ3n) is 7.16. The Labute approximate surface area is 192 Å². The van der Waals surface area contributed by atoms with E-state index in [2.05, 4.69) is 69.4 Å². The third kappa shape index (κ3) is 4.33. The lowest BCUT2D eigenvalue weighted by Crippen LogP contribution is -2.46. The summed E-state index contributed by atoms with van der Waals surface area (Å²) >= 11 is 0. The molecular weight excluding hydrogens is 396 g/mol. The van der Waals surface area contributed by atoms with Crippen molar-refractivity contribution in [3.8, 4) is 5.75 Å². The second kappa shape index (κ2) is 9.50. The van der Waals surface area contributed by atoms with Gasteiger partial charge in [-0.25, -0.2) is 0 Å². The summed E-state index contributed by atoms with van der Waals surface area (Å²) in [6.07, 6.45) is 6.14. The highest BCUT2D eigenvalue weighted by Crippen LogP contribution is 2.42. The molecular formula is C28H36N2O2. The van der Waals surface area contributed by atoms with Gasteiger partial charge in [0.1, 0.15) is 11.4 Å². The summed E-state index contributed by atoms with van der Waals surface area (Å²) in [6, 6.07) is 16.9. The number of fused-ring (bicyclic) bond motifs is 1. The quantitative estimate of drug-likeness (QED) is 0.639. The van der Waals surface area contributed by atoms with E-state index in [1.165, 1.54) is 5.57 Å². The molecule has 2 aliphatic rings. The maximum absolute atomic E-state index is 13.4. The number of rotatable bonds is 6. The second-order valence-corrected chi connectivity index (χ2v) is 9.28. The molecule has 0 bridgehead atoms. The zero-order valence-corrected chi connectivity index (χ0v) is 19.9. The minimum Gasteiger partial charge on any atom is -0.482 e. The van der Waals surface area contributed by atoms with Gasteiger partial charge in [0.15, 0.2) is 0 Å². The normalized spacial score (nSPS) is 18.8. The van der Waals surface area contributed by atoms with E-state index in [0.29, 0.717) is 0 Å². The molecule has 0 aliphatic carbocycles. The maximum atomic E-state index is 13.4. The van der Waals surface area contributed by atoms with Crippen LogP contribution in [0.3, 0.4) is 0 Å². The molecule has 4 heteroatoms. The molecule has 32 heavy (non-hydrogen) atoms. The van der Waals surface area contributed by atoms with Gasteiger partial charge in [-0.15, -0.1) is 0 Å². The van der Waals surface area contributed by atoms with Crippen LogP contribution in [0, 0.1) is 0 Å². The molecule has 2 atom stereocenters. The second-order valence-electron chi connectivity index (χ2n) is 9.28. The van der Waals surface area contributed by atoms with Crippen LogP contribution in [0.2, 0.25) is 0 Å². The predicted octanol–water partition coefficient (Wildman–Crippen LogP) is 5.67. The summed E-state index contributed by atoms with van der Waals surface area (Å²) in [5.74, 6) is 1.07. The lowest BCUT2D eigenvalue weighted by molar-refractivity contribution is 0.0598. The number of amides is 1. The van der Waals surface area contributed by atoms with Crippen molar-refractivity contribution in [3.63, 3.8) is 0 Å². The Bertz CT molecular complexity index is 963. The molecule has 0 aromatic heterocycles. The Morgan fingerprint density at radius 2 is 1.62 bits per heavy atom. The van der Waals surface area contributed by atoms with Gasteiger partial charge in [-0.3, -0.25) is 4.79 Å². The number of hydrogen-bond acceptors (Lipinski definition) is 3. The van der Waals surface area contributed by atoms with Crippen LogP contribution in [0.5, 0.6) is 5.75 Å². The van der Waals surface area contributed by atoms with E-state index in [-0.39, 0.29) is 23.6 Å². The molecule has 1 saturated heterocycles. The van der Waals surface area contributed by atoms with Gasteiger partial charge in [0.2, 0.25) is 0 Å². The van der Waals surface area contributed by atoms with Gasteiger partial charge in [-0.2, -0.15) is 0 Å². The van der Waals surface area contributed by atoms with Crippen LogP contribution in [0.25, 0.3) is 5.57 Å². The summed E-state index contributed by atoms with van der Waals surface area (Å²) in [5.41, 5.74) is 3.96. The van der Waals surface area contributed by atoms with E-state index >= 15 is 0 Å². The Morgan fingerprint density at radius 1 is 1.00 bits per heavy atom. The summed E-state index contributed by atoms with van der Waals surface area (Å²) in [5, 5.41) is 3.44. The first-order chi connectivity index (χ1) is 15.5. The zero-order valence-electron chi connectivity index (χ0n) is 19.9. The van der Waals surface area contributed by atoms with Gasteiger partial charge in [0, 0.05) is 36.1 Å². The van der Waals surface area contributed by atoms with Gasteiger partial charge in [-0.1, -0.05) is 44.2 Å². The van der Waals surface area contributed by atoms with Gasteiger partial charge in [0.05, 0.1) is 0 Å². The van der Waals surface area contributed by atoms with Crippen LogP contribution in [-0.2, 0) is 0 Å². The van der Waals surface area contributed by atoms with E-state index in [4.69, 9.17) is 4.74 Å². The van der Waals surface area contributed by atoms with Crippen LogP contribution >= 0.6 is 0 Å². The van der Waals surface area contributed by atoms with Crippen LogP contribution in [-0.4, -0.2) is 41.6 Å². The van der Waals surface area contributed by atoms with Gasteiger partial charge in [0.25, 0.3) is 5.91 Å². The van der Waals surface area contributed by atoms with Crippen molar-refractivity contribution in [2.24, 2.45) is 0 Å². The largest absolute Gasteiger partial charge is 0.482 e. The standard InChI is InChI=1S/C28H36N2O2/c1-5-20(3)30(21(4)6-2)27(31)23-13-11-22(12-14-23)25-19-28(15-17-29-18-16-28)32-26-10-8-7-9-24(25)26/h7-14,19-21,29H,5-6,15-18H2,1-4H3. The summed E-state index contributed by atoms with van der Waals surface area (Å²) < 4.78 is 6.51. The first kappa shape index (κ1) is 22.6. The molecule has 2 aromatic rings. The zero-order chi connectivity index (χ0) is 22.7. The first-order valence-corrected chi connectivity index (χ1v) is 12.1. The molecule has 4 rings (SSSR count). The molecule has 1 amide bonds. The molecule has 2 heterocycles. The average Bonchev–Trinajstić information content (AvgIpc) is 2.83. The van der Waals surface area contributed by atoms with E-state index in [0.717, 1.165) is 61.2 Å². The molecule has 1 spiro atoms. The third-order valence-corrected chi connectivity index (χ3v) is 7.16. The maximum Gasteiger partial charge on any atom is 0.254 e. The molecule has 0 saturated carbocycles. The smallest absolute Gasteiger partial charge is 0.254 e. The fourth-order valence-corrected chi connectivity index (χ4v) is 4.87. The molecule has 1 N–H and O–H groups in total. The monoisotopic (exact) mass is 432 g/mol. The molecule has 0 radical (unpaired) electrons. The topological polar surface area (TPSA) is 41.6 Å². The van der Waals surface area contributed by atoms with Crippen molar-refractivity contribution in [1.29, 1.82) is 0 Å². The molecule has 2 unspecified atom stereocenters. The number of benzene rings is 2. The Morgan fingerprint density at radius 3 is 2.25 bits per heavy atom. The van der Waals surface area contributed by atoms with Crippen molar-refractivity contribution in [2.45, 2.75) is 71.1 Å². The first-order valence-electron chi connectivity index (χ1n) is 12.1. The van der Waals surface area contributed by atoms with Crippen molar-refractivity contribution in [3.05, 3.63) is 71.3 Å². The van der Waals surface area contributed by atoms with Crippen molar-refractivity contribution in [2.75, 3.05) is 13.1 Å². The van der Waals surface area contributed by atoms with Crippen LogP contribution < -0.4 is 10.1 Å². The summed E-state index contributed by atoms with van der Waals surface area (Å²) in [6.45, 7) is 10.5. The van der Waals surface area contributed by atoms with Crippen LogP contribution in [0.4, 0.5) is 0 Å². The van der Waals surface area contributed by atoms with Gasteiger partial charge < -0.3 is 15.0 Å². The van der Waals surface area contributed by atoms with E-state index in [9.17, 15) is 4.79 Å². The molecule has 2 aliphatic heterocycles. The highest BCUT2D eigenvalue weighted by atomic mass is 16.5. The van der Waals surface area contributed by atoms with Crippen LogP contribution in [0.15, 0.2) is 54.6 Å². The number of hydrogen-bond donors (Lipinski definition) is 1. The molecule has 170 valence electrons. The Hall–Kier alpha value is -2.59. The van der Waals surface area contributed by atoms with E-state index in [1.54, 1.807) is 0 Å². The minimum absolute atomic E-state index is 0.122. The molecule has 4 nitrogen and oxygen atoms in total. The summed E-state index contributed by atoms with van der Waals surface area (Å²) in [4.78, 5) is 15.4. The lowest BCUT2D eigenvalue weighted by Gasteiger charge is -2.40. The van der Waals surface area contributed by atoms with Crippen molar-refractivity contribution >= 4 is 11.5 Å². The number of carbonyl (C=O) groups excluding carboxylic acids is 1. The van der Waals surface area contributed by atoms with Crippen molar-refractivity contribution < 1.29 is 9.53 Å². The van der Waals surface area contributed by atoms with E-state index in [1.807, 2.05) is 23.1 Å². The number of nitrogens with one attached hydrogen (secondary N) is 1. The SMILES string of the molecule is CCC(C)N(C(=O)c1ccc(C2=CC3(CCNCC3)Oc3ccccc32)cc1)C(C)CC. The Kier molecular flexibility index (Phi) is 6.71. The average molecular weight is 433 g/mol. The number of carbonyl (C=O) groups is 1. The molecule has 1 fully saturated rings. The lowest BCUT2D eigenvalue weighted by atomic mass is 9.83. The number of para-hydroxylation sites is 1. The summed E-state index contributed by atoms with van der Waals surface area (Å²) in [7, 11) is 0. The highest BCUT2D eigenvalue weighted by molar-refractivity contribution is 5.95. The van der Waals surface area contributed by atoms with Crippen molar-refractivity contribution in [1.82, 2.24) is 10.2 Å². The molecule has 2 aromatic carbocycles. The number of ether oxygens (including phenoxy) is 1. The van der Waals surface area contributed by atoms with Gasteiger partial charge >= 0.3 is 0 Å². The van der Waals surface area contributed by atoms with E-state index < -0.39 is 0 Å². The minimum atomic E-state index is -0.257. The van der Waals surface area contributed by atoms with Gasteiger partial charge in [-0.05, 0) is 75.2 Å². The fraction of sp³-hybridized carbons (Fsp3) is 0.464. The number of nitrogens with zero attached hydrogens (tertiary/aromatic N) is 1. The Balaban J connectivity index is 1.67. The fourth-order valence-electron chi connectivity index (χ4n) is 4.87. The number of piperidine rings is 1. The highest BCUT2D eigenvalue weighted by Gasteiger charge is 2.37.